The zero-order valence-electron chi connectivity index (χ0n) is 30.2. The first-order valence-electron chi connectivity index (χ1n) is 18.1. The van der Waals surface area contributed by atoms with Crippen LogP contribution < -0.4 is 10.1 Å². The first-order chi connectivity index (χ1) is 25.7. The van der Waals surface area contributed by atoms with E-state index in [0.29, 0.717) is 23.1 Å². The van der Waals surface area contributed by atoms with Crippen molar-refractivity contribution >= 4 is 44.7 Å². The van der Waals surface area contributed by atoms with Crippen LogP contribution in [-0.4, -0.2) is 51.7 Å². The minimum absolute atomic E-state index is 0.0434. The van der Waals surface area contributed by atoms with E-state index in [2.05, 4.69) is 38.7 Å². The van der Waals surface area contributed by atoms with Crippen LogP contribution in [0.3, 0.4) is 0 Å². The maximum absolute atomic E-state index is 13.5. The summed E-state index contributed by atoms with van der Waals surface area (Å²) in [5, 5.41) is 13.4. The van der Waals surface area contributed by atoms with E-state index in [1.54, 1.807) is 24.5 Å². The molecule has 4 aliphatic rings. The maximum Gasteiger partial charge on any atom is 0.257 e. The monoisotopic (exact) mass is 750 g/mol. The minimum atomic E-state index is -0.238. The number of amides is 1. The van der Waals surface area contributed by atoms with Crippen molar-refractivity contribution in [2.75, 3.05) is 26.0 Å². The number of hydrogen-bond acceptors (Lipinski definition) is 9. The Morgan fingerprint density at radius 3 is 2.55 bits per heavy atom. The molecule has 6 heterocycles. The summed E-state index contributed by atoms with van der Waals surface area (Å²) < 4.78 is 25.0. The molecule has 0 spiro atoms. The zero-order chi connectivity index (χ0) is 36.8. The van der Waals surface area contributed by atoms with Crippen LogP contribution in [0.5, 0.6) is 5.75 Å². The van der Waals surface area contributed by atoms with Crippen molar-refractivity contribution < 1.29 is 18.3 Å². The molecule has 0 bridgehead atoms. The summed E-state index contributed by atoms with van der Waals surface area (Å²) in [6.45, 7) is 4.49. The van der Waals surface area contributed by atoms with Gasteiger partial charge in [0.15, 0.2) is 11.6 Å². The van der Waals surface area contributed by atoms with Crippen molar-refractivity contribution in [3.63, 3.8) is 0 Å². The van der Waals surface area contributed by atoms with Crippen LogP contribution in [-0.2, 0) is 25.7 Å². The number of aryl methyl sites for hydroxylation is 5. The molecule has 53 heavy (non-hydrogen) atoms. The number of rotatable bonds is 4. The molecule has 1 fully saturated rings. The number of hydrogen-bond donors (Lipinski definition) is 1. The van der Waals surface area contributed by atoms with Crippen LogP contribution in [0.25, 0.3) is 32.0 Å². The normalized spacial score (nSPS) is 16.4. The predicted molar refractivity (Wildman–Crippen MR) is 207 cm³/mol. The smallest absolute Gasteiger partial charge is 0.257 e. The van der Waals surface area contributed by atoms with Gasteiger partial charge in [-0.3, -0.25) is 9.78 Å². The van der Waals surface area contributed by atoms with E-state index in [9.17, 15) is 9.18 Å². The summed E-state index contributed by atoms with van der Waals surface area (Å²) in [6, 6.07) is 13.7. The third-order valence-corrected chi connectivity index (χ3v) is 12.0. The summed E-state index contributed by atoms with van der Waals surface area (Å²) in [7, 11) is 3.39. The van der Waals surface area contributed by atoms with Gasteiger partial charge in [-0.1, -0.05) is 23.7 Å². The van der Waals surface area contributed by atoms with Crippen molar-refractivity contribution in [2.45, 2.75) is 71.3 Å². The number of nitrogens with one attached hydrogen (secondary N) is 1. The van der Waals surface area contributed by atoms with Crippen LogP contribution in [0.1, 0.15) is 81.6 Å². The van der Waals surface area contributed by atoms with Crippen molar-refractivity contribution in [3.8, 4) is 27.6 Å². The molecule has 272 valence electrons. The lowest BCUT2D eigenvalue weighted by Crippen LogP contribution is -2.22. The fraction of sp³-hybridized carbons (Fsp3) is 0.341. The van der Waals surface area contributed by atoms with E-state index in [1.807, 2.05) is 37.1 Å². The molecule has 10 rings (SSSR count). The molecule has 1 saturated heterocycles. The Labute approximate surface area is 316 Å². The Balaban J connectivity index is 0.000000147. The SMILES string of the molecule is CNc1nccc2cc(-c3c4c(nc(C)c3-c3nnc(C)o3)C3CCCN3C4=O)sc12.COc1c(F)ccc2c1CCC2.Clc1ccc2c(c1)CCC2. The van der Waals surface area contributed by atoms with Gasteiger partial charge in [-0.05, 0) is 111 Å². The van der Waals surface area contributed by atoms with Gasteiger partial charge in [-0.15, -0.1) is 21.5 Å². The van der Waals surface area contributed by atoms with E-state index < -0.39 is 0 Å². The fourth-order valence-electron chi connectivity index (χ4n) is 8.16. The van der Waals surface area contributed by atoms with Crippen molar-refractivity contribution in [3.05, 3.63) is 105 Å². The molecule has 2 aliphatic heterocycles. The summed E-state index contributed by atoms with van der Waals surface area (Å²) in [5.74, 6) is 1.94. The number of nitrogens with zero attached hydrogens (tertiary/aromatic N) is 5. The quantitative estimate of drug-likeness (QED) is 0.190. The van der Waals surface area contributed by atoms with E-state index >= 15 is 0 Å². The van der Waals surface area contributed by atoms with E-state index in [1.165, 1.54) is 49.1 Å². The number of pyridine rings is 2. The highest BCUT2D eigenvalue weighted by atomic mass is 35.5. The Hall–Kier alpha value is -4.87. The lowest BCUT2D eigenvalue weighted by molar-refractivity contribution is 0.0776. The minimum Gasteiger partial charge on any atom is -0.493 e. The molecule has 6 aromatic rings. The summed E-state index contributed by atoms with van der Waals surface area (Å²) in [4.78, 5) is 25.8. The third-order valence-electron chi connectivity index (χ3n) is 10.6. The molecular formula is C41H40ClFN6O3S. The topological polar surface area (TPSA) is 106 Å². The third kappa shape index (κ3) is 6.44. The average molecular weight is 751 g/mol. The number of carbonyl (C=O) groups is 1. The molecule has 1 N–H and O–H groups in total. The Bertz CT molecular complexity index is 2370. The van der Waals surface area contributed by atoms with Crippen LogP contribution in [0.15, 0.2) is 53.1 Å². The summed E-state index contributed by atoms with van der Waals surface area (Å²) in [5.41, 5.74) is 9.17. The largest absolute Gasteiger partial charge is 0.493 e. The van der Waals surface area contributed by atoms with Crippen molar-refractivity contribution in [2.24, 2.45) is 0 Å². The number of carbonyl (C=O) groups excluding carboxylic acids is 1. The molecule has 9 nitrogen and oxygen atoms in total. The average Bonchev–Trinajstić information content (AvgIpc) is 4.01. The highest BCUT2D eigenvalue weighted by Crippen LogP contribution is 2.50. The van der Waals surface area contributed by atoms with Gasteiger partial charge in [-0.2, -0.15) is 0 Å². The second kappa shape index (κ2) is 14.5. The van der Waals surface area contributed by atoms with Crippen molar-refractivity contribution in [1.29, 1.82) is 0 Å². The van der Waals surface area contributed by atoms with Gasteiger partial charge in [0.1, 0.15) is 5.82 Å². The van der Waals surface area contributed by atoms with Gasteiger partial charge in [0.25, 0.3) is 5.91 Å². The molecule has 1 unspecified atom stereocenters. The van der Waals surface area contributed by atoms with E-state index in [4.69, 9.17) is 25.7 Å². The second-order valence-corrected chi connectivity index (χ2v) is 15.3. The first-order valence-corrected chi connectivity index (χ1v) is 19.3. The van der Waals surface area contributed by atoms with Gasteiger partial charge in [0, 0.05) is 47.7 Å². The Morgan fingerprint density at radius 1 is 0.962 bits per heavy atom. The van der Waals surface area contributed by atoms with Gasteiger partial charge >= 0.3 is 0 Å². The molecule has 2 aromatic carbocycles. The molecule has 1 atom stereocenters. The van der Waals surface area contributed by atoms with Crippen LogP contribution in [0.4, 0.5) is 10.2 Å². The number of halogens is 2. The molecule has 4 aromatic heterocycles. The summed E-state index contributed by atoms with van der Waals surface area (Å²) >= 11 is 7.43. The van der Waals surface area contributed by atoms with Gasteiger partial charge in [0.2, 0.25) is 11.8 Å². The molecule has 0 radical (unpaired) electrons. The summed E-state index contributed by atoms with van der Waals surface area (Å²) in [6.07, 6.45) is 10.6. The number of methoxy groups -OCH3 is 1. The Kier molecular flexibility index (Phi) is 9.63. The standard InChI is InChI=1S/C22H20N6O2S.C10H11FO.C9H9Cl/c1-10-15(21-27-26-11(2)30-21)16(14-9-12-6-7-24-20(23-3)19(12)31-14)17-18(25-10)13-5-4-8-28(13)22(17)29;1-12-10-8-4-2-3-7(8)5-6-9(10)11;10-9-5-4-7-2-1-3-8(7)6-9/h6-7,9,13H,4-5,8H2,1-3H3,(H,23,24);5-6H,2-4H2,1H3;4-6H,1-3H2. The number of benzene rings is 2. The van der Waals surface area contributed by atoms with Crippen LogP contribution >= 0.6 is 22.9 Å². The van der Waals surface area contributed by atoms with E-state index in [-0.39, 0.29) is 17.8 Å². The van der Waals surface area contributed by atoms with Crippen LogP contribution in [0.2, 0.25) is 5.02 Å². The molecule has 0 saturated carbocycles. The van der Waals surface area contributed by atoms with E-state index in [0.717, 1.165) is 92.5 Å². The molecule has 1 amide bonds. The highest BCUT2D eigenvalue weighted by Gasteiger charge is 2.44. The highest BCUT2D eigenvalue weighted by molar-refractivity contribution is 7.23. The number of aromatic nitrogens is 4. The predicted octanol–water partition coefficient (Wildman–Crippen LogP) is 9.51. The number of ether oxygens (including phenoxy) is 1. The first kappa shape index (κ1) is 35.2. The lowest BCUT2D eigenvalue weighted by atomic mass is 9.95. The Morgan fingerprint density at radius 2 is 1.75 bits per heavy atom. The number of fused-ring (bicyclic) bond motifs is 6. The lowest BCUT2D eigenvalue weighted by Gasteiger charge is -2.14. The number of anilines is 1. The molecular weight excluding hydrogens is 711 g/mol. The second-order valence-electron chi connectivity index (χ2n) is 13.8. The van der Waals surface area contributed by atoms with Gasteiger partial charge in [-0.25, -0.2) is 9.37 Å². The number of thiophene rings is 1. The maximum atomic E-state index is 13.5. The van der Waals surface area contributed by atoms with Crippen molar-refractivity contribution in [1.82, 2.24) is 25.1 Å². The van der Waals surface area contributed by atoms with Gasteiger partial charge < -0.3 is 19.4 Å². The fourth-order valence-corrected chi connectivity index (χ4v) is 9.56. The zero-order valence-corrected chi connectivity index (χ0v) is 31.8. The molecule has 2 aliphatic carbocycles. The van der Waals surface area contributed by atoms with Crippen LogP contribution in [0, 0.1) is 19.7 Å². The van der Waals surface area contributed by atoms with Gasteiger partial charge in [0.05, 0.1) is 40.4 Å². The molecule has 12 heteroatoms.